The molecule has 0 unspecified atom stereocenters. The Bertz CT molecular complexity index is 830. The minimum absolute atomic E-state index is 0.0700. The maximum absolute atomic E-state index is 13.8. The number of nitrogens with one attached hydrogen (secondary N) is 1. The summed E-state index contributed by atoms with van der Waals surface area (Å²) in [5.74, 6) is -2.32. The van der Waals surface area contributed by atoms with Gasteiger partial charge < -0.3 is 10.2 Å². The number of hydrogen-bond acceptors (Lipinski definition) is 2. The van der Waals surface area contributed by atoms with E-state index in [4.69, 9.17) is 0 Å². The third-order valence-corrected chi connectivity index (χ3v) is 4.72. The topological polar surface area (TPSA) is 49.4 Å². The number of carbonyl (C=O) groups is 2. The van der Waals surface area contributed by atoms with Crippen LogP contribution in [0.25, 0.3) is 0 Å². The van der Waals surface area contributed by atoms with Crippen molar-refractivity contribution in [2.24, 2.45) is 5.92 Å². The van der Waals surface area contributed by atoms with Crippen LogP contribution < -0.4 is 5.32 Å². The summed E-state index contributed by atoms with van der Waals surface area (Å²) in [4.78, 5) is 26.4. The molecule has 0 saturated carbocycles. The predicted octanol–water partition coefficient (Wildman–Crippen LogP) is 3.76. The third kappa shape index (κ3) is 3.90. The SMILES string of the molecule is Cc1ccccc1NC(=O)C1CCN(C(=O)c2ccc(F)cc2F)CC1. The fourth-order valence-corrected chi connectivity index (χ4v) is 3.13. The molecule has 1 aliphatic rings. The van der Waals surface area contributed by atoms with E-state index in [0.717, 1.165) is 23.4 Å². The molecule has 0 atom stereocenters. The molecule has 3 rings (SSSR count). The van der Waals surface area contributed by atoms with Crippen LogP contribution >= 0.6 is 0 Å². The van der Waals surface area contributed by atoms with Gasteiger partial charge in [-0.25, -0.2) is 8.78 Å². The number of amides is 2. The Balaban J connectivity index is 1.59. The van der Waals surface area contributed by atoms with Crippen molar-refractivity contribution in [2.45, 2.75) is 19.8 Å². The standard InChI is InChI=1S/C20H20F2N2O2/c1-13-4-2-3-5-18(13)23-19(25)14-8-10-24(11-9-14)20(26)16-7-6-15(21)12-17(16)22/h2-7,12,14H,8-11H2,1H3,(H,23,25). The maximum Gasteiger partial charge on any atom is 0.256 e. The molecule has 0 bridgehead atoms. The van der Waals surface area contributed by atoms with Crippen molar-refractivity contribution in [1.29, 1.82) is 0 Å². The summed E-state index contributed by atoms with van der Waals surface area (Å²) in [6, 6.07) is 10.5. The van der Waals surface area contributed by atoms with Crippen LogP contribution in [0.3, 0.4) is 0 Å². The number of carbonyl (C=O) groups excluding carboxylic acids is 2. The molecule has 2 aromatic carbocycles. The quantitative estimate of drug-likeness (QED) is 0.908. The number of hydrogen-bond donors (Lipinski definition) is 1. The van der Waals surface area contributed by atoms with Gasteiger partial charge in [-0.15, -0.1) is 0 Å². The molecular weight excluding hydrogens is 338 g/mol. The molecule has 0 aliphatic carbocycles. The van der Waals surface area contributed by atoms with Gasteiger partial charge in [0.15, 0.2) is 0 Å². The Morgan fingerprint density at radius 1 is 1.08 bits per heavy atom. The smallest absolute Gasteiger partial charge is 0.256 e. The highest BCUT2D eigenvalue weighted by Crippen LogP contribution is 2.23. The predicted molar refractivity (Wildman–Crippen MR) is 94.8 cm³/mol. The zero-order chi connectivity index (χ0) is 18.7. The number of likely N-dealkylation sites (tertiary alicyclic amines) is 1. The van der Waals surface area contributed by atoms with Gasteiger partial charge in [0.2, 0.25) is 5.91 Å². The molecule has 0 spiro atoms. The minimum Gasteiger partial charge on any atom is -0.339 e. The Kier molecular flexibility index (Phi) is 5.30. The number of para-hydroxylation sites is 1. The van der Waals surface area contributed by atoms with Crippen molar-refractivity contribution in [1.82, 2.24) is 4.90 Å². The summed E-state index contributed by atoms with van der Waals surface area (Å²) >= 11 is 0. The van der Waals surface area contributed by atoms with Crippen molar-refractivity contribution >= 4 is 17.5 Å². The van der Waals surface area contributed by atoms with E-state index in [2.05, 4.69) is 5.32 Å². The van der Waals surface area contributed by atoms with Crippen molar-refractivity contribution in [3.05, 3.63) is 65.2 Å². The van der Waals surface area contributed by atoms with Crippen molar-refractivity contribution in [2.75, 3.05) is 18.4 Å². The van der Waals surface area contributed by atoms with Gasteiger partial charge in [0, 0.05) is 30.8 Å². The fraction of sp³-hybridized carbons (Fsp3) is 0.300. The van der Waals surface area contributed by atoms with E-state index in [1.165, 1.54) is 4.90 Å². The van der Waals surface area contributed by atoms with Crippen molar-refractivity contribution in [3.8, 4) is 0 Å². The van der Waals surface area contributed by atoms with Crippen LogP contribution in [-0.2, 0) is 4.79 Å². The molecule has 1 heterocycles. The first-order valence-electron chi connectivity index (χ1n) is 8.56. The van der Waals surface area contributed by atoms with E-state index in [1.54, 1.807) is 0 Å². The summed E-state index contributed by atoms with van der Waals surface area (Å²) < 4.78 is 26.8. The molecule has 0 aromatic heterocycles. The molecule has 1 fully saturated rings. The summed E-state index contributed by atoms with van der Waals surface area (Å²) in [6.07, 6.45) is 1.01. The normalized spacial score (nSPS) is 15.0. The van der Waals surface area contributed by atoms with Crippen molar-refractivity contribution in [3.63, 3.8) is 0 Å². The summed E-state index contributed by atoms with van der Waals surface area (Å²) in [5, 5.41) is 2.93. The van der Waals surface area contributed by atoms with Crippen LogP contribution in [0.15, 0.2) is 42.5 Å². The lowest BCUT2D eigenvalue weighted by Crippen LogP contribution is -2.41. The highest BCUT2D eigenvalue weighted by molar-refractivity contribution is 5.95. The number of halogens is 2. The van der Waals surface area contributed by atoms with Crippen LogP contribution in [0, 0.1) is 24.5 Å². The Morgan fingerprint density at radius 3 is 2.42 bits per heavy atom. The molecule has 26 heavy (non-hydrogen) atoms. The second kappa shape index (κ2) is 7.64. The zero-order valence-corrected chi connectivity index (χ0v) is 14.5. The number of aryl methyl sites for hydroxylation is 1. The number of anilines is 1. The van der Waals surface area contributed by atoms with Gasteiger partial charge in [-0.2, -0.15) is 0 Å². The Labute approximate surface area is 150 Å². The van der Waals surface area contributed by atoms with E-state index >= 15 is 0 Å². The van der Waals surface area contributed by atoms with E-state index in [1.807, 2.05) is 31.2 Å². The molecule has 6 heteroatoms. The van der Waals surface area contributed by atoms with Gasteiger partial charge in [-0.05, 0) is 43.5 Å². The molecular formula is C20H20F2N2O2. The highest BCUT2D eigenvalue weighted by atomic mass is 19.1. The molecule has 0 radical (unpaired) electrons. The maximum atomic E-state index is 13.8. The monoisotopic (exact) mass is 358 g/mol. The van der Waals surface area contributed by atoms with Crippen LogP contribution in [0.2, 0.25) is 0 Å². The van der Waals surface area contributed by atoms with Gasteiger partial charge in [0.25, 0.3) is 5.91 Å². The van der Waals surface area contributed by atoms with E-state index in [0.29, 0.717) is 32.0 Å². The Hall–Kier alpha value is -2.76. The van der Waals surface area contributed by atoms with Gasteiger partial charge in [-0.3, -0.25) is 9.59 Å². The number of nitrogens with zero attached hydrogens (tertiary/aromatic N) is 1. The molecule has 1 saturated heterocycles. The fourth-order valence-electron chi connectivity index (χ4n) is 3.13. The average Bonchev–Trinajstić information content (AvgIpc) is 2.63. The number of rotatable bonds is 3. The molecule has 2 amide bonds. The second-order valence-electron chi connectivity index (χ2n) is 6.49. The number of piperidine rings is 1. The minimum atomic E-state index is -0.866. The third-order valence-electron chi connectivity index (χ3n) is 4.72. The zero-order valence-electron chi connectivity index (χ0n) is 14.5. The van der Waals surface area contributed by atoms with Crippen LogP contribution in [0.4, 0.5) is 14.5 Å². The van der Waals surface area contributed by atoms with Gasteiger partial charge in [-0.1, -0.05) is 18.2 Å². The van der Waals surface area contributed by atoms with Gasteiger partial charge in [0.1, 0.15) is 11.6 Å². The van der Waals surface area contributed by atoms with Crippen LogP contribution in [0.5, 0.6) is 0 Å². The summed E-state index contributed by atoms with van der Waals surface area (Å²) in [5.41, 5.74) is 1.62. The molecule has 1 aliphatic heterocycles. The Morgan fingerprint density at radius 2 is 1.77 bits per heavy atom. The van der Waals surface area contributed by atoms with Crippen LogP contribution in [-0.4, -0.2) is 29.8 Å². The highest BCUT2D eigenvalue weighted by Gasteiger charge is 2.29. The van der Waals surface area contributed by atoms with E-state index in [-0.39, 0.29) is 17.4 Å². The van der Waals surface area contributed by atoms with Crippen molar-refractivity contribution < 1.29 is 18.4 Å². The lowest BCUT2D eigenvalue weighted by atomic mass is 9.95. The first-order valence-corrected chi connectivity index (χ1v) is 8.56. The molecule has 2 aromatic rings. The molecule has 136 valence electrons. The first-order chi connectivity index (χ1) is 12.5. The lowest BCUT2D eigenvalue weighted by molar-refractivity contribution is -0.121. The molecule has 4 nitrogen and oxygen atoms in total. The van der Waals surface area contributed by atoms with Crippen LogP contribution in [0.1, 0.15) is 28.8 Å². The summed E-state index contributed by atoms with van der Waals surface area (Å²) in [7, 11) is 0. The average molecular weight is 358 g/mol. The summed E-state index contributed by atoms with van der Waals surface area (Å²) in [6.45, 7) is 2.65. The lowest BCUT2D eigenvalue weighted by Gasteiger charge is -2.31. The largest absolute Gasteiger partial charge is 0.339 e. The molecule has 1 N–H and O–H groups in total. The van der Waals surface area contributed by atoms with E-state index < -0.39 is 17.5 Å². The number of benzene rings is 2. The van der Waals surface area contributed by atoms with Gasteiger partial charge >= 0.3 is 0 Å². The van der Waals surface area contributed by atoms with E-state index in [9.17, 15) is 18.4 Å². The van der Waals surface area contributed by atoms with Gasteiger partial charge in [0.05, 0.1) is 5.56 Å². The second-order valence-corrected chi connectivity index (χ2v) is 6.49. The first kappa shape index (κ1) is 18.0.